The molecule has 1 aromatic heterocycles. The molecule has 0 atom stereocenters. The van der Waals surface area contributed by atoms with Crippen LogP contribution in [0.4, 0.5) is 0 Å². The molecule has 3 N–H and O–H groups in total. The van der Waals surface area contributed by atoms with E-state index in [9.17, 15) is 0 Å². The van der Waals surface area contributed by atoms with Gasteiger partial charge in [0.25, 0.3) is 0 Å². The number of nitrogens with two attached hydrogens (primary N) is 1. The zero-order valence-corrected chi connectivity index (χ0v) is 8.75. The van der Waals surface area contributed by atoms with Gasteiger partial charge in [0.2, 0.25) is 0 Å². The highest BCUT2D eigenvalue weighted by Crippen LogP contribution is 2.21. The molecule has 1 aromatic rings. The van der Waals surface area contributed by atoms with Gasteiger partial charge in [-0.3, -0.25) is 10.4 Å². The Morgan fingerprint density at radius 2 is 2.53 bits per heavy atom. The van der Waals surface area contributed by atoms with Gasteiger partial charge < -0.3 is 10.5 Å². The summed E-state index contributed by atoms with van der Waals surface area (Å²) in [5.74, 6) is 0.743. The Labute approximate surface area is 92.3 Å². The number of nitrogens with one attached hydrogen (secondary N) is 1. The minimum Gasteiger partial charge on any atom is -0.491 e. The van der Waals surface area contributed by atoms with Crippen molar-refractivity contribution < 1.29 is 4.74 Å². The van der Waals surface area contributed by atoms with Crippen molar-refractivity contribution in [1.29, 1.82) is 0 Å². The van der Waals surface area contributed by atoms with Crippen molar-refractivity contribution in [3.05, 3.63) is 24.0 Å². The molecular formula is C9H10N4OS. The van der Waals surface area contributed by atoms with E-state index >= 15 is 0 Å². The van der Waals surface area contributed by atoms with Gasteiger partial charge in [-0.2, -0.15) is 5.10 Å². The van der Waals surface area contributed by atoms with Crippen molar-refractivity contribution in [1.82, 2.24) is 10.4 Å². The number of ether oxygens (including phenoxy) is 1. The average Bonchev–Trinajstić information content (AvgIpc) is 2.26. The van der Waals surface area contributed by atoms with Gasteiger partial charge in [0.15, 0.2) is 5.11 Å². The predicted octanol–water partition coefficient (Wildman–Crippen LogP) is 0.401. The monoisotopic (exact) mass is 222 g/mol. The fraction of sp³-hybridized carbons (Fsp3) is 0.222. The molecule has 1 aliphatic rings. The van der Waals surface area contributed by atoms with Crippen LogP contribution < -0.4 is 15.9 Å². The molecule has 0 unspecified atom stereocenters. The number of rotatable bonds is 1. The molecule has 78 valence electrons. The van der Waals surface area contributed by atoms with Gasteiger partial charge in [-0.15, -0.1) is 0 Å². The summed E-state index contributed by atoms with van der Waals surface area (Å²) >= 11 is 4.67. The lowest BCUT2D eigenvalue weighted by atomic mass is 10.1. The molecule has 0 fully saturated rings. The van der Waals surface area contributed by atoms with Crippen molar-refractivity contribution in [2.75, 3.05) is 6.61 Å². The Morgan fingerprint density at radius 3 is 3.33 bits per heavy atom. The Balaban J connectivity index is 2.29. The van der Waals surface area contributed by atoms with E-state index in [1.807, 2.05) is 12.1 Å². The Bertz CT molecular complexity index is 418. The largest absolute Gasteiger partial charge is 0.491 e. The molecule has 2 heterocycles. The number of hydrogen-bond acceptors (Lipinski definition) is 4. The number of hydrogen-bond donors (Lipinski definition) is 2. The van der Waals surface area contributed by atoms with Crippen LogP contribution in [0.5, 0.6) is 5.75 Å². The van der Waals surface area contributed by atoms with Crippen LogP contribution in [0.3, 0.4) is 0 Å². The maximum absolute atomic E-state index is 5.43. The molecule has 0 saturated carbocycles. The number of aromatic nitrogens is 1. The molecule has 15 heavy (non-hydrogen) atoms. The van der Waals surface area contributed by atoms with Crippen molar-refractivity contribution in [3.8, 4) is 5.75 Å². The van der Waals surface area contributed by atoms with Gasteiger partial charge in [0.1, 0.15) is 11.4 Å². The molecule has 0 radical (unpaired) electrons. The van der Waals surface area contributed by atoms with Crippen molar-refractivity contribution >= 4 is 23.0 Å². The minimum atomic E-state index is 0.145. The first-order chi connectivity index (χ1) is 7.27. The van der Waals surface area contributed by atoms with Gasteiger partial charge >= 0.3 is 0 Å². The van der Waals surface area contributed by atoms with E-state index in [2.05, 4.69) is 27.7 Å². The van der Waals surface area contributed by atoms with E-state index < -0.39 is 0 Å². The lowest BCUT2D eigenvalue weighted by molar-refractivity contribution is 0.318. The van der Waals surface area contributed by atoms with Gasteiger partial charge in [-0.1, -0.05) is 0 Å². The molecule has 0 amide bonds. The van der Waals surface area contributed by atoms with Crippen molar-refractivity contribution in [2.24, 2.45) is 10.8 Å². The fourth-order valence-corrected chi connectivity index (χ4v) is 1.38. The van der Waals surface area contributed by atoms with E-state index in [0.717, 1.165) is 17.2 Å². The van der Waals surface area contributed by atoms with Crippen LogP contribution in [0.25, 0.3) is 0 Å². The van der Waals surface area contributed by atoms with Crippen LogP contribution in [0.15, 0.2) is 23.4 Å². The van der Waals surface area contributed by atoms with Crippen LogP contribution in [-0.2, 0) is 0 Å². The summed E-state index contributed by atoms with van der Waals surface area (Å²) < 4.78 is 5.43. The zero-order chi connectivity index (χ0) is 10.7. The second-order valence-corrected chi connectivity index (χ2v) is 3.42. The summed E-state index contributed by atoms with van der Waals surface area (Å²) in [6.07, 6.45) is 2.39. The third-order valence-corrected chi connectivity index (χ3v) is 2.03. The van der Waals surface area contributed by atoms with Crippen LogP contribution in [0, 0.1) is 0 Å². The van der Waals surface area contributed by atoms with Crippen molar-refractivity contribution in [3.63, 3.8) is 0 Å². The first-order valence-corrected chi connectivity index (χ1v) is 4.88. The smallest absolute Gasteiger partial charge is 0.184 e. The minimum absolute atomic E-state index is 0.145. The van der Waals surface area contributed by atoms with E-state index in [0.29, 0.717) is 13.0 Å². The highest BCUT2D eigenvalue weighted by atomic mass is 32.1. The van der Waals surface area contributed by atoms with Crippen LogP contribution >= 0.6 is 12.2 Å². The summed E-state index contributed by atoms with van der Waals surface area (Å²) in [5.41, 5.74) is 9.40. The molecule has 6 heteroatoms. The summed E-state index contributed by atoms with van der Waals surface area (Å²) in [6, 6.07) is 3.68. The van der Waals surface area contributed by atoms with Crippen LogP contribution in [-0.4, -0.2) is 22.4 Å². The molecule has 5 nitrogen and oxygen atoms in total. The topological polar surface area (TPSA) is 72.5 Å². The second kappa shape index (κ2) is 4.22. The third-order valence-electron chi connectivity index (χ3n) is 1.94. The maximum Gasteiger partial charge on any atom is 0.184 e. The molecule has 0 aliphatic carbocycles. The zero-order valence-electron chi connectivity index (χ0n) is 7.93. The molecule has 0 spiro atoms. The molecule has 2 rings (SSSR count). The van der Waals surface area contributed by atoms with Gasteiger partial charge in [-0.05, 0) is 24.4 Å². The highest BCUT2D eigenvalue weighted by Gasteiger charge is 2.17. The Hall–Kier alpha value is -1.69. The maximum atomic E-state index is 5.43. The molecule has 1 aliphatic heterocycles. The van der Waals surface area contributed by atoms with E-state index in [1.54, 1.807) is 6.20 Å². The number of hydrazone groups is 1. The number of pyridine rings is 1. The summed E-state index contributed by atoms with van der Waals surface area (Å²) in [4.78, 5) is 4.20. The first kappa shape index (κ1) is 9.85. The fourth-order valence-electron chi connectivity index (χ4n) is 1.33. The van der Waals surface area contributed by atoms with Crippen molar-refractivity contribution in [2.45, 2.75) is 6.42 Å². The first-order valence-electron chi connectivity index (χ1n) is 4.47. The normalized spacial score (nSPS) is 16.7. The van der Waals surface area contributed by atoms with Crippen LogP contribution in [0.1, 0.15) is 12.1 Å². The lowest BCUT2D eigenvalue weighted by Gasteiger charge is -2.17. The van der Waals surface area contributed by atoms with E-state index in [4.69, 9.17) is 10.5 Å². The number of nitrogens with zero attached hydrogens (tertiary/aromatic N) is 2. The van der Waals surface area contributed by atoms with Gasteiger partial charge in [-0.25, -0.2) is 0 Å². The summed E-state index contributed by atoms with van der Waals surface area (Å²) in [6.45, 7) is 0.594. The van der Waals surface area contributed by atoms with Gasteiger partial charge in [0.05, 0.1) is 12.3 Å². The second-order valence-electron chi connectivity index (χ2n) is 2.98. The average molecular weight is 222 g/mol. The lowest BCUT2D eigenvalue weighted by Crippen LogP contribution is -2.27. The molecule has 0 saturated heterocycles. The highest BCUT2D eigenvalue weighted by molar-refractivity contribution is 7.80. The molecule has 0 bridgehead atoms. The quantitative estimate of drug-likeness (QED) is 0.531. The Morgan fingerprint density at radius 1 is 1.67 bits per heavy atom. The number of fused-ring (bicyclic) bond motifs is 1. The third kappa shape index (κ3) is 2.21. The van der Waals surface area contributed by atoms with Gasteiger partial charge in [0, 0.05) is 12.6 Å². The van der Waals surface area contributed by atoms with E-state index in [1.165, 1.54) is 0 Å². The van der Waals surface area contributed by atoms with E-state index in [-0.39, 0.29) is 5.11 Å². The SMILES string of the molecule is NC(=S)N/N=C1/CCOc2cccnc21. The molecular weight excluding hydrogens is 212 g/mol. The standard InChI is InChI=1S/C9H10N4OS/c10-9(15)13-12-6-3-5-14-7-2-1-4-11-8(6)7/h1-2,4H,3,5H2,(H3,10,13,15)/b12-6-. The predicted molar refractivity (Wildman–Crippen MR) is 60.8 cm³/mol. The summed E-state index contributed by atoms with van der Waals surface area (Å²) in [5, 5.41) is 4.23. The summed E-state index contributed by atoms with van der Waals surface area (Å²) in [7, 11) is 0. The van der Waals surface area contributed by atoms with Crippen LogP contribution in [0.2, 0.25) is 0 Å². The number of thiocarbonyl (C=S) groups is 1. The molecule has 0 aromatic carbocycles. The Kier molecular flexibility index (Phi) is 2.77.